The Morgan fingerprint density at radius 1 is 0.964 bits per heavy atom. The molecule has 1 unspecified atom stereocenters. The van der Waals surface area contributed by atoms with Crippen molar-refractivity contribution in [2.24, 2.45) is 0 Å². The van der Waals surface area contributed by atoms with Gasteiger partial charge < -0.3 is 10.5 Å². The van der Waals surface area contributed by atoms with Crippen molar-refractivity contribution < 1.29 is 4.74 Å². The smallest absolute Gasteiger partial charge is 0.118 e. The lowest BCUT2D eigenvalue weighted by Gasteiger charge is -2.22. The van der Waals surface area contributed by atoms with Crippen LogP contribution in [0.25, 0.3) is 21.9 Å². The zero-order valence-corrected chi connectivity index (χ0v) is 17.8. The molecule has 0 saturated heterocycles. The SMILES string of the molecule is COc1ccc(C2SCc3c(sc(N)c3-c3cccc4ccccc34)S2)cc1. The molecule has 5 heteroatoms. The van der Waals surface area contributed by atoms with Crippen LogP contribution in [0, 0.1) is 0 Å². The summed E-state index contributed by atoms with van der Waals surface area (Å²) in [6.45, 7) is 0. The van der Waals surface area contributed by atoms with E-state index in [1.807, 2.05) is 35.7 Å². The second-order valence-electron chi connectivity index (χ2n) is 6.67. The van der Waals surface area contributed by atoms with E-state index in [1.54, 1.807) is 18.4 Å². The Kier molecular flexibility index (Phi) is 4.75. The van der Waals surface area contributed by atoms with E-state index in [1.165, 1.54) is 37.2 Å². The number of methoxy groups -OCH3 is 1. The molecule has 1 aliphatic rings. The van der Waals surface area contributed by atoms with Crippen molar-refractivity contribution >= 4 is 50.6 Å². The number of ether oxygens (including phenoxy) is 1. The summed E-state index contributed by atoms with van der Waals surface area (Å²) >= 11 is 5.62. The molecule has 1 aromatic heterocycles. The van der Waals surface area contributed by atoms with E-state index in [-0.39, 0.29) is 0 Å². The summed E-state index contributed by atoms with van der Waals surface area (Å²) in [5, 5.41) is 3.45. The topological polar surface area (TPSA) is 35.2 Å². The van der Waals surface area contributed by atoms with E-state index in [0.717, 1.165) is 16.5 Å². The van der Waals surface area contributed by atoms with Crippen molar-refractivity contribution in [1.29, 1.82) is 0 Å². The molecule has 0 amide bonds. The molecule has 1 aliphatic heterocycles. The van der Waals surface area contributed by atoms with Crippen LogP contribution in [0.5, 0.6) is 5.75 Å². The number of fused-ring (bicyclic) bond motifs is 2. The van der Waals surface area contributed by atoms with Crippen molar-refractivity contribution in [3.05, 3.63) is 77.9 Å². The molecule has 0 fully saturated rings. The zero-order chi connectivity index (χ0) is 19.1. The van der Waals surface area contributed by atoms with E-state index in [9.17, 15) is 0 Å². The Balaban J connectivity index is 1.54. The lowest BCUT2D eigenvalue weighted by atomic mass is 9.97. The van der Waals surface area contributed by atoms with Crippen LogP contribution in [0.2, 0.25) is 0 Å². The Hall–Kier alpha value is -2.08. The van der Waals surface area contributed by atoms with Gasteiger partial charge in [-0.1, -0.05) is 66.4 Å². The van der Waals surface area contributed by atoms with Crippen molar-refractivity contribution in [2.75, 3.05) is 12.8 Å². The molecular formula is C23H19NOS3. The van der Waals surface area contributed by atoms with Gasteiger partial charge in [-0.15, -0.1) is 23.1 Å². The van der Waals surface area contributed by atoms with E-state index < -0.39 is 0 Å². The third-order valence-electron chi connectivity index (χ3n) is 5.04. The van der Waals surface area contributed by atoms with Crippen LogP contribution in [0.15, 0.2) is 70.9 Å². The Labute approximate surface area is 177 Å². The third kappa shape index (κ3) is 3.08. The highest BCUT2D eigenvalue weighted by Crippen LogP contribution is 2.57. The first kappa shape index (κ1) is 18.0. The number of anilines is 1. The molecule has 140 valence electrons. The van der Waals surface area contributed by atoms with Gasteiger partial charge in [0.1, 0.15) is 5.75 Å². The van der Waals surface area contributed by atoms with Gasteiger partial charge in [-0.25, -0.2) is 0 Å². The van der Waals surface area contributed by atoms with Crippen LogP contribution in [0.3, 0.4) is 0 Å². The van der Waals surface area contributed by atoms with Gasteiger partial charge in [0.2, 0.25) is 0 Å². The molecule has 0 aliphatic carbocycles. The van der Waals surface area contributed by atoms with Crippen molar-refractivity contribution in [1.82, 2.24) is 0 Å². The Morgan fingerprint density at radius 3 is 2.57 bits per heavy atom. The van der Waals surface area contributed by atoms with Crippen molar-refractivity contribution in [3.63, 3.8) is 0 Å². The van der Waals surface area contributed by atoms with Crippen molar-refractivity contribution in [3.8, 4) is 16.9 Å². The van der Waals surface area contributed by atoms with Gasteiger partial charge >= 0.3 is 0 Å². The monoisotopic (exact) mass is 421 g/mol. The van der Waals surface area contributed by atoms with Crippen molar-refractivity contribution in [2.45, 2.75) is 14.5 Å². The Bertz CT molecular complexity index is 1150. The lowest BCUT2D eigenvalue weighted by Crippen LogP contribution is -1.98. The largest absolute Gasteiger partial charge is 0.497 e. The molecule has 2 N–H and O–H groups in total. The molecule has 0 saturated carbocycles. The van der Waals surface area contributed by atoms with E-state index in [0.29, 0.717) is 4.58 Å². The molecule has 3 aromatic carbocycles. The predicted octanol–water partition coefficient (Wildman–Crippen LogP) is 7.20. The minimum atomic E-state index is 0.386. The highest BCUT2D eigenvalue weighted by molar-refractivity contribution is 8.17. The first-order chi connectivity index (χ1) is 13.7. The Morgan fingerprint density at radius 2 is 1.75 bits per heavy atom. The normalized spacial score (nSPS) is 16.1. The molecule has 2 nitrogen and oxygen atoms in total. The first-order valence-corrected chi connectivity index (χ1v) is 11.8. The summed E-state index contributed by atoms with van der Waals surface area (Å²) in [6, 6.07) is 23.4. The maximum Gasteiger partial charge on any atom is 0.118 e. The van der Waals surface area contributed by atoms with Gasteiger partial charge in [0.05, 0.1) is 20.9 Å². The second kappa shape index (κ2) is 7.39. The van der Waals surface area contributed by atoms with Crippen LogP contribution in [-0.2, 0) is 5.75 Å². The minimum absolute atomic E-state index is 0.386. The molecule has 4 aromatic rings. The van der Waals surface area contributed by atoms with Gasteiger partial charge in [0.25, 0.3) is 0 Å². The summed E-state index contributed by atoms with van der Waals surface area (Å²) in [7, 11) is 1.70. The number of hydrogen-bond donors (Lipinski definition) is 1. The fraction of sp³-hybridized carbons (Fsp3) is 0.130. The minimum Gasteiger partial charge on any atom is -0.497 e. The lowest BCUT2D eigenvalue weighted by molar-refractivity contribution is 0.414. The summed E-state index contributed by atoms with van der Waals surface area (Å²) < 4.78 is 7.02. The summed E-state index contributed by atoms with van der Waals surface area (Å²) in [5.41, 5.74) is 11.7. The fourth-order valence-corrected chi connectivity index (χ4v) is 8.12. The number of thioether (sulfide) groups is 2. The maximum absolute atomic E-state index is 6.55. The predicted molar refractivity (Wildman–Crippen MR) is 125 cm³/mol. The average Bonchev–Trinajstić information content (AvgIpc) is 3.08. The average molecular weight is 422 g/mol. The van der Waals surface area contributed by atoms with Gasteiger partial charge in [-0.05, 0) is 39.6 Å². The number of hydrogen-bond acceptors (Lipinski definition) is 5. The number of nitrogen functional groups attached to an aromatic ring is 1. The number of nitrogens with two attached hydrogens (primary N) is 1. The van der Waals surface area contributed by atoms with Gasteiger partial charge in [-0.3, -0.25) is 0 Å². The van der Waals surface area contributed by atoms with Crippen LogP contribution >= 0.6 is 34.9 Å². The molecular weight excluding hydrogens is 402 g/mol. The number of rotatable bonds is 3. The first-order valence-electron chi connectivity index (χ1n) is 9.06. The van der Waals surface area contributed by atoms with Gasteiger partial charge in [-0.2, -0.15) is 0 Å². The molecule has 28 heavy (non-hydrogen) atoms. The number of benzene rings is 3. The van der Waals surface area contributed by atoms with Crippen LogP contribution in [0.4, 0.5) is 5.00 Å². The number of thiophene rings is 1. The van der Waals surface area contributed by atoms with E-state index in [2.05, 4.69) is 54.6 Å². The molecule has 0 radical (unpaired) electrons. The van der Waals surface area contributed by atoms with E-state index >= 15 is 0 Å². The molecule has 0 spiro atoms. The van der Waals surface area contributed by atoms with Crippen LogP contribution < -0.4 is 10.5 Å². The molecule has 2 heterocycles. The van der Waals surface area contributed by atoms with E-state index in [4.69, 9.17) is 10.5 Å². The van der Waals surface area contributed by atoms with Gasteiger partial charge in [0.15, 0.2) is 0 Å². The maximum atomic E-state index is 6.55. The fourth-order valence-electron chi connectivity index (χ4n) is 3.64. The third-order valence-corrected chi connectivity index (χ3v) is 9.11. The summed E-state index contributed by atoms with van der Waals surface area (Å²) in [5.74, 6) is 1.87. The van der Waals surface area contributed by atoms with Crippen LogP contribution in [0.1, 0.15) is 15.7 Å². The summed E-state index contributed by atoms with van der Waals surface area (Å²) in [4.78, 5) is 0. The molecule has 1 atom stereocenters. The van der Waals surface area contributed by atoms with Crippen LogP contribution in [-0.4, -0.2) is 7.11 Å². The second-order valence-corrected chi connectivity index (χ2v) is 10.5. The summed E-state index contributed by atoms with van der Waals surface area (Å²) in [6.07, 6.45) is 0. The zero-order valence-electron chi connectivity index (χ0n) is 15.3. The standard InChI is InChI=1S/C23H19NOS3/c1-25-16-11-9-15(10-12-16)22-26-13-19-20(21(24)27-23(19)28-22)18-8-4-6-14-5-2-3-7-17(14)18/h2-12,22H,13,24H2,1H3. The highest BCUT2D eigenvalue weighted by atomic mass is 32.2. The quantitative estimate of drug-likeness (QED) is 0.379. The highest BCUT2D eigenvalue weighted by Gasteiger charge is 2.28. The molecule has 0 bridgehead atoms. The van der Waals surface area contributed by atoms with Gasteiger partial charge in [0, 0.05) is 11.3 Å². The molecule has 5 rings (SSSR count).